The molecule has 0 aliphatic heterocycles. The lowest BCUT2D eigenvalue weighted by molar-refractivity contribution is -0.145. The Morgan fingerprint density at radius 2 is 1.60 bits per heavy atom. The van der Waals surface area contributed by atoms with Gasteiger partial charge in [0.05, 0.1) is 7.11 Å². The minimum atomic E-state index is -0.745. The Bertz CT molecular complexity index is 1080. The maximum absolute atomic E-state index is 12.6. The van der Waals surface area contributed by atoms with E-state index in [9.17, 15) is 9.59 Å². The Kier molecular flexibility index (Phi) is 6.37. The zero-order valence-electron chi connectivity index (χ0n) is 17.3. The van der Waals surface area contributed by atoms with Gasteiger partial charge in [-0.05, 0) is 68.0 Å². The quantitative estimate of drug-likeness (QED) is 0.259. The van der Waals surface area contributed by atoms with Gasteiger partial charge in [-0.25, -0.2) is 4.79 Å². The van der Waals surface area contributed by atoms with Crippen LogP contribution in [0.15, 0.2) is 66.4 Å². The van der Waals surface area contributed by atoms with E-state index < -0.39 is 11.9 Å². The monoisotopic (exact) mass is 405 g/mol. The Balaban J connectivity index is 1.96. The number of benzene rings is 2. The molecular formula is C24H23NO5. The maximum atomic E-state index is 12.6. The lowest BCUT2D eigenvalue weighted by Crippen LogP contribution is -2.15. The number of methoxy groups -OCH3 is 1. The van der Waals surface area contributed by atoms with Crippen LogP contribution in [0.3, 0.4) is 0 Å². The Labute approximate surface area is 175 Å². The van der Waals surface area contributed by atoms with Gasteiger partial charge in [-0.1, -0.05) is 18.2 Å². The van der Waals surface area contributed by atoms with Gasteiger partial charge in [-0.15, -0.1) is 0 Å². The summed E-state index contributed by atoms with van der Waals surface area (Å²) < 4.78 is 17.7. The number of aromatic nitrogens is 1. The van der Waals surface area contributed by atoms with Crippen LogP contribution in [0.2, 0.25) is 0 Å². The molecule has 0 N–H and O–H groups in total. The van der Waals surface area contributed by atoms with Gasteiger partial charge in [-0.3, -0.25) is 4.79 Å². The fourth-order valence-corrected chi connectivity index (χ4v) is 3.13. The molecule has 6 nitrogen and oxygen atoms in total. The molecule has 0 radical (unpaired) electrons. The van der Waals surface area contributed by atoms with Crippen LogP contribution in [-0.4, -0.2) is 23.6 Å². The summed E-state index contributed by atoms with van der Waals surface area (Å²) in [5.74, 6) is -0.395. The fourth-order valence-electron chi connectivity index (χ4n) is 3.13. The highest BCUT2D eigenvalue weighted by Gasteiger charge is 2.19. The molecule has 0 amide bonds. The Morgan fingerprint density at radius 1 is 0.933 bits per heavy atom. The van der Waals surface area contributed by atoms with E-state index in [1.165, 1.54) is 13.0 Å². The summed E-state index contributed by atoms with van der Waals surface area (Å²) in [7, 11) is 1.62. The molecule has 0 atom stereocenters. The number of aryl methyl sites for hydroxylation is 1. The minimum Gasteiger partial charge on any atom is -0.497 e. The van der Waals surface area contributed by atoms with Crippen molar-refractivity contribution in [2.45, 2.75) is 20.8 Å². The van der Waals surface area contributed by atoms with Crippen molar-refractivity contribution in [2.75, 3.05) is 7.11 Å². The van der Waals surface area contributed by atoms with Crippen LogP contribution in [0.1, 0.15) is 23.9 Å². The molecule has 0 aliphatic carbocycles. The molecular weight excluding hydrogens is 382 g/mol. The zero-order valence-corrected chi connectivity index (χ0v) is 17.3. The summed E-state index contributed by atoms with van der Waals surface area (Å²) >= 11 is 0. The highest BCUT2D eigenvalue weighted by atomic mass is 16.6. The smallest absolute Gasteiger partial charge is 0.379 e. The molecule has 0 saturated heterocycles. The van der Waals surface area contributed by atoms with Crippen molar-refractivity contribution in [3.05, 3.63) is 83.4 Å². The highest BCUT2D eigenvalue weighted by Crippen LogP contribution is 2.25. The standard InChI is InChI=1S/C24H23NO5/c1-16-14-19(17(2)25(16)20-10-12-21(28-4)13-11-20)15-23(29-18(3)26)24(27)30-22-8-6-5-7-9-22/h5-15H,1-4H3. The van der Waals surface area contributed by atoms with Crippen LogP contribution >= 0.6 is 0 Å². The van der Waals surface area contributed by atoms with Crippen LogP contribution in [-0.2, 0) is 14.3 Å². The van der Waals surface area contributed by atoms with E-state index in [1.807, 2.05) is 54.8 Å². The number of ether oxygens (including phenoxy) is 3. The van der Waals surface area contributed by atoms with E-state index >= 15 is 0 Å². The second-order valence-electron chi connectivity index (χ2n) is 6.66. The molecule has 154 valence electrons. The molecule has 6 heteroatoms. The molecule has 0 saturated carbocycles. The number of nitrogens with zero attached hydrogens (tertiary/aromatic N) is 1. The van der Waals surface area contributed by atoms with Gasteiger partial charge >= 0.3 is 11.9 Å². The third-order valence-corrected chi connectivity index (χ3v) is 4.50. The lowest BCUT2D eigenvalue weighted by atomic mass is 10.2. The molecule has 0 aliphatic rings. The minimum absolute atomic E-state index is 0.179. The third-order valence-electron chi connectivity index (χ3n) is 4.50. The summed E-state index contributed by atoms with van der Waals surface area (Å²) in [6, 6.07) is 18.2. The maximum Gasteiger partial charge on any atom is 0.379 e. The van der Waals surface area contributed by atoms with Crippen molar-refractivity contribution in [3.63, 3.8) is 0 Å². The second kappa shape index (κ2) is 9.13. The number of carbonyl (C=O) groups excluding carboxylic acids is 2. The molecule has 3 rings (SSSR count). The first-order chi connectivity index (χ1) is 14.4. The predicted octanol–water partition coefficient (Wildman–Crippen LogP) is 4.61. The molecule has 2 aromatic carbocycles. The highest BCUT2D eigenvalue weighted by molar-refractivity contribution is 5.95. The first-order valence-corrected chi connectivity index (χ1v) is 9.39. The van der Waals surface area contributed by atoms with E-state index in [0.717, 1.165) is 28.4 Å². The van der Waals surface area contributed by atoms with Crippen molar-refractivity contribution in [2.24, 2.45) is 0 Å². The van der Waals surface area contributed by atoms with E-state index in [-0.39, 0.29) is 5.76 Å². The van der Waals surface area contributed by atoms with Crippen molar-refractivity contribution < 1.29 is 23.8 Å². The average Bonchev–Trinajstić information content (AvgIpc) is 3.01. The normalized spacial score (nSPS) is 11.1. The zero-order chi connectivity index (χ0) is 21.7. The van der Waals surface area contributed by atoms with Crippen molar-refractivity contribution in [1.29, 1.82) is 0 Å². The van der Waals surface area contributed by atoms with Gasteiger partial charge in [0.15, 0.2) is 0 Å². The van der Waals surface area contributed by atoms with Crippen LogP contribution in [0.5, 0.6) is 11.5 Å². The predicted molar refractivity (Wildman–Crippen MR) is 114 cm³/mol. The molecule has 0 unspecified atom stereocenters. The number of carbonyl (C=O) groups is 2. The number of hydrogen-bond donors (Lipinski definition) is 0. The first kappa shape index (κ1) is 20.9. The molecule has 0 bridgehead atoms. The molecule has 1 aromatic heterocycles. The van der Waals surface area contributed by atoms with Gasteiger partial charge in [0.2, 0.25) is 5.76 Å². The van der Waals surface area contributed by atoms with Gasteiger partial charge < -0.3 is 18.8 Å². The number of esters is 2. The van der Waals surface area contributed by atoms with Gasteiger partial charge in [0.25, 0.3) is 0 Å². The molecule has 30 heavy (non-hydrogen) atoms. The summed E-state index contributed by atoms with van der Waals surface area (Å²) in [5, 5.41) is 0. The lowest BCUT2D eigenvalue weighted by Gasteiger charge is -2.11. The van der Waals surface area contributed by atoms with Crippen LogP contribution in [0.25, 0.3) is 11.8 Å². The summed E-state index contributed by atoms with van der Waals surface area (Å²) in [6.07, 6.45) is 1.52. The fraction of sp³-hybridized carbons (Fsp3) is 0.167. The van der Waals surface area contributed by atoms with Gasteiger partial charge in [0.1, 0.15) is 11.5 Å². The summed E-state index contributed by atoms with van der Waals surface area (Å²) in [4.78, 5) is 24.2. The third kappa shape index (κ3) is 4.78. The van der Waals surface area contributed by atoms with Gasteiger partial charge in [0, 0.05) is 24.0 Å². The largest absolute Gasteiger partial charge is 0.497 e. The van der Waals surface area contributed by atoms with Crippen LogP contribution in [0, 0.1) is 13.8 Å². The van der Waals surface area contributed by atoms with E-state index in [0.29, 0.717) is 5.75 Å². The Morgan fingerprint density at radius 3 is 2.20 bits per heavy atom. The molecule has 0 spiro atoms. The first-order valence-electron chi connectivity index (χ1n) is 9.39. The van der Waals surface area contributed by atoms with Crippen molar-refractivity contribution >= 4 is 18.0 Å². The van der Waals surface area contributed by atoms with E-state index in [2.05, 4.69) is 0 Å². The second-order valence-corrected chi connectivity index (χ2v) is 6.66. The summed E-state index contributed by atoms with van der Waals surface area (Å²) in [5.41, 5.74) is 3.54. The van der Waals surface area contributed by atoms with Crippen LogP contribution < -0.4 is 9.47 Å². The van der Waals surface area contributed by atoms with Crippen molar-refractivity contribution in [1.82, 2.24) is 4.57 Å². The van der Waals surface area contributed by atoms with Gasteiger partial charge in [-0.2, -0.15) is 0 Å². The molecule has 1 heterocycles. The number of hydrogen-bond acceptors (Lipinski definition) is 5. The van der Waals surface area contributed by atoms with Crippen LogP contribution in [0.4, 0.5) is 0 Å². The number of rotatable bonds is 6. The molecule has 0 fully saturated rings. The van der Waals surface area contributed by atoms with E-state index in [1.54, 1.807) is 31.4 Å². The average molecular weight is 405 g/mol. The van der Waals surface area contributed by atoms with E-state index in [4.69, 9.17) is 14.2 Å². The Hall–Kier alpha value is -3.80. The topological polar surface area (TPSA) is 66.8 Å². The molecule has 3 aromatic rings. The SMILES string of the molecule is COc1ccc(-n2c(C)cc(C=C(OC(C)=O)C(=O)Oc3ccccc3)c2C)cc1. The summed E-state index contributed by atoms with van der Waals surface area (Å²) in [6.45, 7) is 5.13. The number of para-hydroxylation sites is 1. The van der Waals surface area contributed by atoms with Crippen molar-refractivity contribution in [3.8, 4) is 17.2 Å².